The molecule has 0 aromatic carbocycles. The van der Waals surface area contributed by atoms with E-state index in [1.807, 2.05) is 10.9 Å². The first-order valence-electron chi connectivity index (χ1n) is 9.19. The van der Waals surface area contributed by atoms with E-state index in [0.717, 1.165) is 50.1 Å². The molecule has 1 aliphatic carbocycles. The predicted molar refractivity (Wildman–Crippen MR) is 91.6 cm³/mol. The normalized spacial score (nSPS) is 29.2. The number of furan rings is 1. The molecule has 1 saturated heterocycles. The van der Waals surface area contributed by atoms with Gasteiger partial charge in [0.1, 0.15) is 17.6 Å². The highest BCUT2D eigenvalue weighted by Gasteiger charge is 2.36. The molecule has 3 heterocycles. The fourth-order valence-corrected chi connectivity index (χ4v) is 3.81. The smallest absolute Gasteiger partial charge is 0.117 e. The lowest BCUT2D eigenvalue weighted by Gasteiger charge is -2.19. The average molecular weight is 329 g/mol. The van der Waals surface area contributed by atoms with Crippen molar-refractivity contribution in [2.24, 2.45) is 11.8 Å². The van der Waals surface area contributed by atoms with Crippen LogP contribution in [0.2, 0.25) is 0 Å². The zero-order valence-electron chi connectivity index (χ0n) is 14.6. The molecule has 0 radical (unpaired) electrons. The molecule has 5 heteroatoms. The molecule has 0 unspecified atom stereocenters. The van der Waals surface area contributed by atoms with Gasteiger partial charge in [-0.2, -0.15) is 5.10 Å². The Labute approximate surface area is 143 Å². The largest absolute Gasteiger partial charge is 0.464 e. The Morgan fingerprint density at radius 3 is 3.00 bits per heavy atom. The zero-order chi connectivity index (χ0) is 16.5. The third kappa shape index (κ3) is 3.15. The molecule has 2 aliphatic rings. The highest BCUT2D eigenvalue weighted by Crippen LogP contribution is 2.47. The summed E-state index contributed by atoms with van der Waals surface area (Å²) in [6, 6.07) is 6.34. The molecule has 2 aromatic heterocycles. The minimum Gasteiger partial charge on any atom is -0.464 e. The van der Waals surface area contributed by atoms with Crippen LogP contribution >= 0.6 is 0 Å². The maximum Gasteiger partial charge on any atom is 0.117 e. The monoisotopic (exact) mass is 329 g/mol. The number of nitrogens with one attached hydrogen (secondary N) is 1. The number of hydrogen-bond donors (Lipinski definition) is 1. The molecule has 0 bridgehead atoms. The summed E-state index contributed by atoms with van der Waals surface area (Å²) in [4.78, 5) is 0. The summed E-state index contributed by atoms with van der Waals surface area (Å²) in [5.41, 5.74) is 1.20. The number of hydrogen-bond acceptors (Lipinski definition) is 4. The number of ether oxygens (including phenoxy) is 1. The Morgan fingerprint density at radius 2 is 2.21 bits per heavy atom. The van der Waals surface area contributed by atoms with Crippen LogP contribution in [-0.2, 0) is 17.8 Å². The maximum atomic E-state index is 5.99. The van der Waals surface area contributed by atoms with Gasteiger partial charge in [-0.05, 0) is 43.9 Å². The van der Waals surface area contributed by atoms with Crippen LogP contribution in [-0.4, -0.2) is 22.9 Å². The van der Waals surface area contributed by atoms with E-state index in [1.165, 1.54) is 12.1 Å². The van der Waals surface area contributed by atoms with Crippen LogP contribution in [0.15, 0.2) is 28.8 Å². The third-order valence-electron chi connectivity index (χ3n) is 5.42. The van der Waals surface area contributed by atoms with Crippen molar-refractivity contribution in [3.05, 3.63) is 41.6 Å². The fraction of sp³-hybridized carbons (Fsp3) is 0.632. The highest BCUT2D eigenvalue weighted by atomic mass is 16.5. The first kappa shape index (κ1) is 15.9. The van der Waals surface area contributed by atoms with Crippen LogP contribution < -0.4 is 5.32 Å². The van der Waals surface area contributed by atoms with Gasteiger partial charge in [0.25, 0.3) is 0 Å². The van der Waals surface area contributed by atoms with E-state index >= 15 is 0 Å². The van der Waals surface area contributed by atoms with Gasteiger partial charge in [-0.1, -0.05) is 6.92 Å². The van der Waals surface area contributed by atoms with Gasteiger partial charge in [0.05, 0.1) is 12.2 Å². The number of nitrogens with zero attached hydrogens (tertiary/aromatic N) is 2. The molecule has 4 atom stereocenters. The van der Waals surface area contributed by atoms with Gasteiger partial charge in [0.15, 0.2) is 0 Å². The molecule has 1 saturated carbocycles. The van der Waals surface area contributed by atoms with Gasteiger partial charge in [-0.3, -0.25) is 4.68 Å². The van der Waals surface area contributed by atoms with Crippen LogP contribution in [0, 0.1) is 11.8 Å². The van der Waals surface area contributed by atoms with Crippen molar-refractivity contribution < 1.29 is 9.15 Å². The third-order valence-corrected chi connectivity index (χ3v) is 5.42. The summed E-state index contributed by atoms with van der Waals surface area (Å²) in [7, 11) is 0. The first-order chi connectivity index (χ1) is 11.8. The molecule has 2 aromatic rings. The lowest BCUT2D eigenvalue weighted by Crippen LogP contribution is -2.25. The molecule has 1 N–H and O–H groups in total. The Hall–Kier alpha value is -1.59. The standard InChI is InChI=1S/C19H27N3O2/c1-3-22-17(6-8-21-22)19-14(7-9-23-19)11-20-12-15-4-5-18(24-15)16-10-13(16)2/h4-6,8,13-14,16,19-20H,3,7,9-12H2,1-2H3/t13-,14+,16+,19-/m1/s1. The molecule has 0 spiro atoms. The molecule has 24 heavy (non-hydrogen) atoms. The Morgan fingerprint density at radius 1 is 1.33 bits per heavy atom. The van der Waals surface area contributed by atoms with Crippen molar-refractivity contribution in [3.63, 3.8) is 0 Å². The Balaban J connectivity index is 1.31. The topological polar surface area (TPSA) is 52.2 Å². The molecule has 1 aliphatic heterocycles. The fourth-order valence-electron chi connectivity index (χ4n) is 3.81. The van der Waals surface area contributed by atoms with E-state index < -0.39 is 0 Å². The van der Waals surface area contributed by atoms with Gasteiger partial charge in [0, 0.05) is 37.7 Å². The lowest BCUT2D eigenvalue weighted by atomic mass is 9.99. The van der Waals surface area contributed by atoms with E-state index in [9.17, 15) is 0 Å². The van der Waals surface area contributed by atoms with Crippen LogP contribution in [0.3, 0.4) is 0 Å². The number of aryl methyl sites for hydroxylation is 1. The molecular formula is C19H27N3O2. The molecule has 2 fully saturated rings. The van der Waals surface area contributed by atoms with Gasteiger partial charge >= 0.3 is 0 Å². The molecule has 5 nitrogen and oxygen atoms in total. The van der Waals surface area contributed by atoms with Crippen molar-refractivity contribution in [2.75, 3.05) is 13.2 Å². The van der Waals surface area contributed by atoms with E-state index in [4.69, 9.17) is 9.15 Å². The highest BCUT2D eigenvalue weighted by molar-refractivity contribution is 5.17. The molecule has 130 valence electrons. The summed E-state index contributed by atoms with van der Waals surface area (Å²) in [6.07, 6.45) is 4.38. The summed E-state index contributed by atoms with van der Waals surface area (Å²) >= 11 is 0. The Bertz CT molecular complexity index is 678. The van der Waals surface area contributed by atoms with Crippen LogP contribution in [0.25, 0.3) is 0 Å². The second-order valence-electron chi connectivity index (χ2n) is 7.17. The van der Waals surface area contributed by atoms with Gasteiger partial charge < -0.3 is 14.5 Å². The zero-order valence-corrected chi connectivity index (χ0v) is 14.6. The lowest BCUT2D eigenvalue weighted by molar-refractivity contribution is 0.0828. The minimum absolute atomic E-state index is 0.152. The number of aromatic nitrogens is 2. The summed E-state index contributed by atoms with van der Waals surface area (Å²) in [6.45, 7) is 7.85. The van der Waals surface area contributed by atoms with Gasteiger partial charge in [-0.25, -0.2) is 0 Å². The number of rotatable bonds is 7. The van der Waals surface area contributed by atoms with Crippen molar-refractivity contribution in [1.29, 1.82) is 0 Å². The second-order valence-corrected chi connectivity index (χ2v) is 7.17. The van der Waals surface area contributed by atoms with Crippen LogP contribution in [0.5, 0.6) is 0 Å². The SMILES string of the molecule is CCn1nccc1[C@@H]1OCC[C@H]1CNCc1ccc([C@H]2C[C@H]2C)o1. The van der Waals surface area contributed by atoms with Crippen LogP contribution in [0.1, 0.15) is 55.9 Å². The van der Waals surface area contributed by atoms with Crippen molar-refractivity contribution in [1.82, 2.24) is 15.1 Å². The average Bonchev–Trinajstić information content (AvgIpc) is 3.04. The molecule has 0 amide bonds. The predicted octanol–water partition coefficient (Wildman–Crippen LogP) is 3.49. The van der Waals surface area contributed by atoms with Gasteiger partial charge in [-0.15, -0.1) is 0 Å². The van der Waals surface area contributed by atoms with Crippen molar-refractivity contribution in [3.8, 4) is 0 Å². The van der Waals surface area contributed by atoms with E-state index in [1.54, 1.807) is 0 Å². The summed E-state index contributed by atoms with van der Waals surface area (Å²) in [5.74, 6) is 4.13. The Kier molecular flexibility index (Phi) is 4.46. The first-order valence-corrected chi connectivity index (χ1v) is 9.19. The van der Waals surface area contributed by atoms with E-state index in [2.05, 4.69) is 42.5 Å². The second kappa shape index (κ2) is 6.73. The van der Waals surface area contributed by atoms with Crippen molar-refractivity contribution in [2.45, 2.75) is 51.8 Å². The minimum atomic E-state index is 0.152. The molecular weight excluding hydrogens is 302 g/mol. The molecule has 4 rings (SSSR count). The summed E-state index contributed by atoms with van der Waals surface area (Å²) in [5, 5.41) is 7.93. The van der Waals surface area contributed by atoms with Gasteiger partial charge in [0.2, 0.25) is 0 Å². The van der Waals surface area contributed by atoms with E-state index in [-0.39, 0.29) is 6.10 Å². The van der Waals surface area contributed by atoms with E-state index in [0.29, 0.717) is 11.8 Å². The van der Waals surface area contributed by atoms with Crippen molar-refractivity contribution >= 4 is 0 Å². The summed E-state index contributed by atoms with van der Waals surface area (Å²) < 4.78 is 14.0. The van der Waals surface area contributed by atoms with Crippen LogP contribution in [0.4, 0.5) is 0 Å². The quantitative estimate of drug-likeness (QED) is 0.845. The maximum absolute atomic E-state index is 5.99.